The summed E-state index contributed by atoms with van der Waals surface area (Å²) in [5.41, 5.74) is 0. The Morgan fingerprint density at radius 3 is 2.58 bits per heavy atom. The quantitative estimate of drug-likeness (QED) is 0.838. The van der Waals surface area contributed by atoms with E-state index in [0.29, 0.717) is 11.1 Å². The Kier molecular flexibility index (Phi) is 4.74. The van der Waals surface area contributed by atoms with Crippen molar-refractivity contribution in [2.24, 2.45) is 0 Å². The van der Waals surface area contributed by atoms with Crippen LogP contribution in [0.1, 0.15) is 12.8 Å². The summed E-state index contributed by atoms with van der Waals surface area (Å²) in [6, 6.07) is 4.57. The SMILES string of the molecule is O=S(=O)(CC(O)CNC1CC1)c1ccc(Cl)c(Cl)c1. The van der Waals surface area contributed by atoms with Gasteiger partial charge in [0.15, 0.2) is 9.84 Å². The van der Waals surface area contributed by atoms with Gasteiger partial charge in [-0.1, -0.05) is 23.2 Å². The number of aliphatic hydroxyl groups is 1. The van der Waals surface area contributed by atoms with Crippen molar-refractivity contribution in [2.75, 3.05) is 12.3 Å². The summed E-state index contributed by atoms with van der Waals surface area (Å²) in [5.74, 6) is -0.329. The molecule has 7 heteroatoms. The minimum atomic E-state index is -3.56. The number of rotatable bonds is 6. The largest absolute Gasteiger partial charge is 0.391 e. The highest BCUT2D eigenvalue weighted by atomic mass is 35.5. The Labute approximate surface area is 122 Å². The normalized spacial score (nSPS) is 17.4. The van der Waals surface area contributed by atoms with E-state index in [9.17, 15) is 13.5 Å². The van der Waals surface area contributed by atoms with Crippen molar-refractivity contribution >= 4 is 33.0 Å². The molecular formula is C12H15Cl2NO3S. The molecule has 1 aromatic rings. The Balaban J connectivity index is 2.01. The second-order valence-corrected chi connectivity index (χ2v) is 7.54. The van der Waals surface area contributed by atoms with Gasteiger partial charge in [0.05, 0.1) is 26.8 Å². The topological polar surface area (TPSA) is 66.4 Å². The molecule has 0 radical (unpaired) electrons. The predicted octanol–water partition coefficient (Wildman–Crippen LogP) is 1.88. The third-order valence-electron chi connectivity index (χ3n) is 2.88. The molecule has 4 nitrogen and oxygen atoms in total. The number of benzene rings is 1. The molecule has 19 heavy (non-hydrogen) atoms. The van der Waals surface area contributed by atoms with Crippen molar-refractivity contribution in [3.8, 4) is 0 Å². The van der Waals surface area contributed by atoms with Crippen LogP contribution in [0.25, 0.3) is 0 Å². The molecule has 1 aliphatic carbocycles. The number of halogens is 2. The zero-order valence-corrected chi connectivity index (χ0v) is 12.5. The minimum Gasteiger partial charge on any atom is -0.391 e. The van der Waals surface area contributed by atoms with Crippen LogP contribution in [-0.2, 0) is 9.84 Å². The maximum atomic E-state index is 12.1. The maximum Gasteiger partial charge on any atom is 0.181 e. The third-order valence-corrected chi connectivity index (χ3v) is 5.42. The Morgan fingerprint density at radius 1 is 1.32 bits per heavy atom. The van der Waals surface area contributed by atoms with Gasteiger partial charge < -0.3 is 10.4 Å². The van der Waals surface area contributed by atoms with E-state index in [4.69, 9.17) is 23.2 Å². The summed E-state index contributed by atoms with van der Waals surface area (Å²) in [6.45, 7) is 0.283. The average Bonchev–Trinajstić information content (AvgIpc) is 3.13. The molecule has 0 heterocycles. The standard InChI is InChI=1S/C12H15Cl2NO3S/c13-11-4-3-10(5-12(11)14)19(17,18)7-9(16)6-15-8-1-2-8/h3-5,8-9,15-16H,1-2,6-7H2. The molecule has 0 aliphatic heterocycles. The van der Waals surface area contributed by atoms with Crippen molar-refractivity contribution in [3.63, 3.8) is 0 Å². The molecule has 0 bridgehead atoms. The predicted molar refractivity (Wildman–Crippen MR) is 75.5 cm³/mol. The van der Waals surface area contributed by atoms with Crippen LogP contribution in [0.2, 0.25) is 10.0 Å². The van der Waals surface area contributed by atoms with Crippen molar-refractivity contribution < 1.29 is 13.5 Å². The van der Waals surface area contributed by atoms with Gasteiger partial charge in [-0.25, -0.2) is 8.42 Å². The molecule has 1 fully saturated rings. The lowest BCUT2D eigenvalue weighted by Crippen LogP contribution is -2.33. The summed E-state index contributed by atoms with van der Waals surface area (Å²) in [4.78, 5) is 0.0763. The number of sulfone groups is 1. The molecule has 0 aromatic heterocycles. The minimum absolute atomic E-state index is 0.0763. The highest BCUT2D eigenvalue weighted by molar-refractivity contribution is 7.91. The van der Waals surface area contributed by atoms with Gasteiger partial charge in [-0.3, -0.25) is 0 Å². The summed E-state index contributed by atoms with van der Waals surface area (Å²) >= 11 is 11.5. The third kappa shape index (κ3) is 4.33. The molecule has 2 N–H and O–H groups in total. The Bertz CT molecular complexity index is 558. The van der Waals surface area contributed by atoms with Gasteiger partial charge in [-0.05, 0) is 31.0 Å². The molecule has 0 amide bonds. The van der Waals surface area contributed by atoms with E-state index >= 15 is 0 Å². The van der Waals surface area contributed by atoms with Crippen LogP contribution in [-0.4, -0.2) is 38.0 Å². The van der Waals surface area contributed by atoms with Crippen molar-refractivity contribution in [1.29, 1.82) is 0 Å². The lowest BCUT2D eigenvalue weighted by molar-refractivity contribution is 0.193. The van der Waals surface area contributed by atoms with Gasteiger partial charge in [0, 0.05) is 12.6 Å². The van der Waals surface area contributed by atoms with Gasteiger partial charge in [-0.2, -0.15) is 0 Å². The summed E-state index contributed by atoms with van der Waals surface area (Å²) in [5, 5.41) is 13.3. The van der Waals surface area contributed by atoms with Crippen molar-refractivity contribution in [2.45, 2.75) is 29.9 Å². The van der Waals surface area contributed by atoms with Crippen LogP contribution in [0.3, 0.4) is 0 Å². The number of hydrogen-bond donors (Lipinski definition) is 2. The van der Waals surface area contributed by atoms with Crippen LogP contribution in [0.15, 0.2) is 23.1 Å². The van der Waals surface area contributed by atoms with E-state index in [1.165, 1.54) is 18.2 Å². The number of hydrogen-bond acceptors (Lipinski definition) is 4. The zero-order valence-electron chi connectivity index (χ0n) is 10.1. The monoisotopic (exact) mass is 323 g/mol. The van der Waals surface area contributed by atoms with Gasteiger partial charge in [-0.15, -0.1) is 0 Å². The van der Waals surface area contributed by atoms with Crippen LogP contribution < -0.4 is 5.32 Å². The van der Waals surface area contributed by atoms with Gasteiger partial charge in [0.25, 0.3) is 0 Å². The van der Waals surface area contributed by atoms with E-state index in [1.807, 2.05) is 0 Å². The molecule has 1 unspecified atom stereocenters. The van der Waals surface area contributed by atoms with Crippen molar-refractivity contribution in [1.82, 2.24) is 5.32 Å². The summed E-state index contributed by atoms with van der Waals surface area (Å²) in [6.07, 6.45) is 1.25. The van der Waals surface area contributed by atoms with E-state index in [-0.39, 0.29) is 22.2 Å². The average molecular weight is 324 g/mol. The van der Waals surface area contributed by atoms with Gasteiger partial charge >= 0.3 is 0 Å². The molecule has 1 aromatic carbocycles. The maximum absolute atomic E-state index is 12.1. The van der Waals surface area contributed by atoms with E-state index in [0.717, 1.165) is 12.8 Å². The first-order valence-corrected chi connectivity index (χ1v) is 8.38. The van der Waals surface area contributed by atoms with Crippen molar-refractivity contribution in [3.05, 3.63) is 28.2 Å². The molecule has 1 atom stereocenters. The molecule has 1 aliphatic rings. The van der Waals surface area contributed by atoms with Gasteiger partial charge in [0.2, 0.25) is 0 Å². The first-order valence-electron chi connectivity index (χ1n) is 5.98. The zero-order chi connectivity index (χ0) is 14.0. The van der Waals surface area contributed by atoms with Crippen LogP contribution in [0.5, 0.6) is 0 Å². The number of aliphatic hydroxyl groups excluding tert-OH is 1. The Hall–Kier alpha value is -0.330. The summed E-state index contributed by atoms with van der Waals surface area (Å²) in [7, 11) is -3.56. The Morgan fingerprint density at radius 2 is 2.00 bits per heavy atom. The highest BCUT2D eigenvalue weighted by Gasteiger charge is 2.24. The molecule has 0 spiro atoms. The fraction of sp³-hybridized carbons (Fsp3) is 0.500. The fourth-order valence-corrected chi connectivity index (χ4v) is 3.42. The second kappa shape index (κ2) is 5.97. The molecule has 106 valence electrons. The molecule has 2 rings (SSSR count). The molecular weight excluding hydrogens is 309 g/mol. The lowest BCUT2D eigenvalue weighted by atomic mass is 10.4. The molecule has 0 saturated heterocycles. The summed E-state index contributed by atoms with van der Waals surface area (Å²) < 4.78 is 24.2. The number of nitrogens with one attached hydrogen (secondary N) is 1. The second-order valence-electron chi connectivity index (χ2n) is 4.69. The van der Waals surface area contributed by atoms with E-state index in [2.05, 4.69) is 5.32 Å². The highest BCUT2D eigenvalue weighted by Crippen LogP contribution is 2.25. The first kappa shape index (κ1) is 15.1. The molecule has 1 saturated carbocycles. The van der Waals surface area contributed by atoms with Gasteiger partial charge in [0.1, 0.15) is 0 Å². The lowest BCUT2D eigenvalue weighted by Gasteiger charge is -2.12. The fourth-order valence-electron chi connectivity index (χ4n) is 1.67. The van der Waals surface area contributed by atoms with Crippen LogP contribution in [0.4, 0.5) is 0 Å². The van der Waals surface area contributed by atoms with E-state index < -0.39 is 15.9 Å². The van der Waals surface area contributed by atoms with Crippen LogP contribution >= 0.6 is 23.2 Å². The van der Waals surface area contributed by atoms with Crippen LogP contribution in [0, 0.1) is 0 Å². The van der Waals surface area contributed by atoms with E-state index in [1.54, 1.807) is 0 Å². The first-order chi connectivity index (χ1) is 8.88. The smallest absolute Gasteiger partial charge is 0.181 e.